The number of aliphatic hydroxyl groups excluding tert-OH is 1. The number of halogens is 2. The summed E-state index contributed by atoms with van der Waals surface area (Å²) in [7, 11) is 3.86. The smallest absolute Gasteiger partial charge is 0.295 e. The molecule has 0 bridgehead atoms. The number of rotatable bonds is 7. The molecular formula is C28H26Cl2N2O4. The highest BCUT2D eigenvalue weighted by atomic mass is 35.5. The first-order chi connectivity index (χ1) is 17.2. The number of benzene rings is 3. The SMILES string of the molecule is CCOc1ccc(CN2C(=O)C(=O)/C(=C(\O)c3ccc(Cl)c(Cl)c3)C2c2ccc(N(C)C)cc2)cc1. The second-order valence-corrected chi connectivity index (χ2v) is 9.43. The van der Waals surface area contributed by atoms with Crippen LogP contribution in [0, 0.1) is 0 Å². The summed E-state index contributed by atoms with van der Waals surface area (Å²) in [5, 5.41) is 11.8. The largest absolute Gasteiger partial charge is 0.507 e. The molecule has 1 aliphatic rings. The Bertz CT molecular complexity index is 1320. The predicted molar refractivity (Wildman–Crippen MR) is 143 cm³/mol. The van der Waals surface area contributed by atoms with Crippen molar-refractivity contribution in [1.29, 1.82) is 0 Å². The third-order valence-electron chi connectivity index (χ3n) is 6.05. The Balaban J connectivity index is 1.81. The second-order valence-electron chi connectivity index (χ2n) is 8.62. The summed E-state index contributed by atoms with van der Waals surface area (Å²) in [6, 6.07) is 18.7. The van der Waals surface area contributed by atoms with Gasteiger partial charge in [-0.25, -0.2) is 0 Å². The molecule has 0 spiro atoms. The summed E-state index contributed by atoms with van der Waals surface area (Å²) in [6.45, 7) is 2.63. The summed E-state index contributed by atoms with van der Waals surface area (Å²) in [4.78, 5) is 30.0. The lowest BCUT2D eigenvalue weighted by Gasteiger charge is -2.26. The topological polar surface area (TPSA) is 70.1 Å². The van der Waals surface area contributed by atoms with Crippen molar-refractivity contribution in [1.82, 2.24) is 4.90 Å². The lowest BCUT2D eigenvalue weighted by molar-refractivity contribution is -0.140. The van der Waals surface area contributed by atoms with E-state index in [1.807, 2.05) is 74.4 Å². The number of hydrogen-bond acceptors (Lipinski definition) is 5. The maximum atomic E-state index is 13.3. The van der Waals surface area contributed by atoms with Crippen molar-refractivity contribution in [2.45, 2.75) is 19.5 Å². The molecule has 0 aliphatic carbocycles. The molecule has 36 heavy (non-hydrogen) atoms. The van der Waals surface area contributed by atoms with E-state index in [1.54, 1.807) is 6.07 Å². The third-order valence-corrected chi connectivity index (χ3v) is 6.78. The minimum Gasteiger partial charge on any atom is -0.507 e. The third kappa shape index (κ3) is 5.06. The van der Waals surface area contributed by atoms with E-state index in [2.05, 4.69) is 0 Å². The first-order valence-electron chi connectivity index (χ1n) is 11.4. The molecule has 1 atom stereocenters. The zero-order valence-corrected chi connectivity index (χ0v) is 21.7. The second kappa shape index (κ2) is 10.6. The van der Waals surface area contributed by atoms with E-state index in [-0.39, 0.29) is 22.9 Å². The van der Waals surface area contributed by atoms with Gasteiger partial charge in [-0.05, 0) is 60.5 Å². The van der Waals surface area contributed by atoms with Gasteiger partial charge in [-0.3, -0.25) is 9.59 Å². The summed E-state index contributed by atoms with van der Waals surface area (Å²) >= 11 is 12.2. The van der Waals surface area contributed by atoms with Gasteiger partial charge >= 0.3 is 0 Å². The van der Waals surface area contributed by atoms with Gasteiger partial charge in [0.1, 0.15) is 11.5 Å². The number of amides is 1. The zero-order chi connectivity index (χ0) is 26.0. The van der Waals surface area contributed by atoms with Gasteiger partial charge in [-0.15, -0.1) is 0 Å². The fourth-order valence-corrected chi connectivity index (χ4v) is 4.50. The van der Waals surface area contributed by atoms with E-state index < -0.39 is 17.7 Å². The van der Waals surface area contributed by atoms with E-state index in [4.69, 9.17) is 27.9 Å². The highest BCUT2D eigenvalue weighted by molar-refractivity contribution is 6.46. The quantitative estimate of drug-likeness (QED) is 0.230. The molecule has 1 amide bonds. The Morgan fingerprint density at radius 2 is 1.64 bits per heavy atom. The van der Waals surface area contributed by atoms with Crippen LogP contribution in [0.1, 0.15) is 29.7 Å². The van der Waals surface area contributed by atoms with E-state index in [9.17, 15) is 14.7 Å². The maximum Gasteiger partial charge on any atom is 0.295 e. The number of likely N-dealkylation sites (tertiary alicyclic amines) is 1. The van der Waals surface area contributed by atoms with Gasteiger partial charge in [0.05, 0.1) is 28.3 Å². The molecule has 0 aromatic heterocycles. The van der Waals surface area contributed by atoms with Gasteiger partial charge in [0.2, 0.25) is 0 Å². The van der Waals surface area contributed by atoms with E-state index >= 15 is 0 Å². The van der Waals surface area contributed by atoms with Crippen LogP contribution >= 0.6 is 23.2 Å². The van der Waals surface area contributed by atoms with Crippen LogP contribution in [-0.2, 0) is 16.1 Å². The molecule has 1 unspecified atom stereocenters. The average Bonchev–Trinajstić information content (AvgIpc) is 3.11. The molecule has 3 aromatic rings. The highest BCUT2D eigenvalue weighted by Crippen LogP contribution is 2.41. The summed E-state index contributed by atoms with van der Waals surface area (Å²) in [5.74, 6) is -1.03. The fourth-order valence-electron chi connectivity index (χ4n) is 4.20. The molecule has 4 rings (SSSR count). The van der Waals surface area contributed by atoms with E-state index in [0.717, 1.165) is 17.0 Å². The van der Waals surface area contributed by atoms with Crippen LogP contribution in [0.5, 0.6) is 5.75 Å². The lowest BCUT2D eigenvalue weighted by Crippen LogP contribution is -2.29. The van der Waals surface area contributed by atoms with Crippen LogP contribution in [0.25, 0.3) is 5.76 Å². The molecule has 1 fully saturated rings. The van der Waals surface area contributed by atoms with E-state index in [1.165, 1.54) is 17.0 Å². The molecule has 1 N–H and O–H groups in total. The molecule has 186 valence electrons. The first-order valence-corrected chi connectivity index (χ1v) is 12.2. The van der Waals surface area contributed by atoms with Crippen LogP contribution in [0.4, 0.5) is 5.69 Å². The molecule has 1 saturated heterocycles. The predicted octanol–water partition coefficient (Wildman–Crippen LogP) is 6.08. The Kier molecular flexibility index (Phi) is 7.57. The number of Topliss-reactive ketones (excluding diaryl/α,β-unsaturated/α-hetero) is 1. The minimum atomic E-state index is -0.790. The number of anilines is 1. The molecule has 6 nitrogen and oxygen atoms in total. The van der Waals surface area contributed by atoms with Gasteiger partial charge < -0.3 is 19.6 Å². The van der Waals surface area contributed by atoms with Crippen molar-refractivity contribution in [3.05, 3.63) is 99.0 Å². The van der Waals surface area contributed by atoms with Crippen LogP contribution < -0.4 is 9.64 Å². The minimum absolute atomic E-state index is 0.00179. The summed E-state index contributed by atoms with van der Waals surface area (Å²) in [5.41, 5.74) is 2.80. The number of nitrogens with zero attached hydrogens (tertiary/aromatic N) is 2. The van der Waals surface area contributed by atoms with Crippen LogP contribution in [-0.4, -0.2) is 42.4 Å². The average molecular weight is 525 g/mol. The number of ether oxygens (including phenoxy) is 1. The molecular weight excluding hydrogens is 499 g/mol. The molecule has 0 radical (unpaired) electrons. The van der Waals surface area contributed by atoms with E-state index in [0.29, 0.717) is 22.8 Å². The number of hydrogen-bond donors (Lipinski definition) is 1. The standard InChI is InChI=1S/C28H26Cl2N2O4/c1-4-36-21-12-5-17(6-13-21)16-32-25(18-7-10-20(11-8-18)31(2)3)24(27(34)28(32)35)26(33)19-9-14-22(29)23(30)15-19/h5-15,25,33H,4,16H2,1-3H3/b26-24-. The van der Waals surface area contributed by atoms with Crippen molar-refractivity contribution in [2.75, 3.05) is 25.6 Å². The lowest BCUT2D eigenvalue weighted by atomic mass is 9.95. The highest BCUT2D eigenvalue weighted by Gasteiger charge is 2.46. The number of carbonyl (C=O) groups excluding carboxylic acids is 2. The van der Waals surface area contributed by atoms with Crippen molar-refractivity contribution < 1.29 is 19.4 Å². The first kappa shape index (κ1) is 25.6. The van der Waals surface area contributed by atoms with Crippen molar-refractivity contribution in [3.8, 4) is 5.75 Å². The van der Waals surface area contributed by atoms with Crippen molar-refractivity contribution in [3.63, 3.8) is 0 Å². The Hall–Kier alpha value is -3.48. The Morgan fingerprint density at radius 1 is 0.972 bits per heavy atom. The molecule has 1 heterocycles. The van der Waals surface area contributed by atoms with Gasteiger partial charge in [-0.2, -0.15) is 0 Å². The van der Waals surface area contributed by atoms with Gasteiger partial charge in [0.15, 0.2) is 0 Å². The Labute approximate surface area is 220 Å². The molecule has 0 saturated carbocycles. The number of ketones is 1. The fraction of sp³-hybridized carbons (Fsp3) is 0.214. The summed E-state index contributed by atoms with van der Waals surface area (Å²) in [6.07, 6.45) is 0. The van der Waals surface area contributed by atoms with Crippen LogP contribution in [0.15, 0.2) is 72.3 Å². The monoisotopic (exact) mass is 524 g/mol. The molecule has 3 aromatic carbocycles. The van der Waals surface area contributed by atoms with Crippen molar-refractivity contribution in [2.24, 2.45) is 0 Å². The van der Waals surface area contributed by atoms with Crippen LogP contribution in [0.2, 0.25) is 10.0 Å². The molecule has 1 aliphatic heterocycles. The molecule has 8 heteroatoms. The maximum absolute atomic E-state index is 13.3. The number of aliphatic hydroxyl groups is 1. The Morgan fingerprint density at radius 3 is 2.22 bits per heavy atom. The van der Waals surface area contributed by atoms with Gasteiger partial charge in [0, 0.05) is 31.9 Å². The van der Waals surface area contributed by atoms with Gasteiger partial charge in [0.25, 0.3) is 11.7 Å². The zero-order valence-electron chi connectivity index (χ0n) is 20.2. The van der Waals surface area contributed by atoms with Gasteiger partial charge in [-0.1, -0.05) is 47.5 Å². The number of carbonyl (C=O) groups is 2. The summed E-state index contributed by atoms with van der Waals surface area (Å²) < 4.78 is 5.51. The van der Waals surface area contributed by atoms with Crippen molar-refractivity contribution >= 4 is 46.3 Å². The van der Waals surface area contributed by atoms with Crippen LogP contribution in [0.3, 0.4) is 0 Å². The normalized spacial score (nSPS) is 16.9.